The summed E-state index contributed by atoms with van der Waals surface area (Å²) in [6.45, 7) is 8.74. The highest BCUT2D eigenvalue weighted by Crippen LogP contribution is 2.34. The highest BCUT2D eigenvalue weighted by Gasteiger charge is 2.26. The first-order valence-corrected chi connectivity index (χ1v) is 10.3. The zero-order chi connectivity index (χ0) is 21.9. The van der Waals surface area contributed by atoms with Gasteiger partial charge in [-0.25, -0.2) is 9.37 Å². The second-order valence-electron chi connectivity index (χ2n) is 7.22. The number of rotatable bonds is 7. The summed E-state index contributed by atoms with van der Waals surface area (Å²) in [4.78, 5) is 21.3. The number of carbonyl (C=O) groups excluding carboxylic acids is 1. The number of amides is 1. The van der Waals surface area contributed by atoms with Crippen LogP contribution in [0.3, 0.4) is 0 Å². The molecule has 30 heavy (non-hydrogen) atoms. The van der Waals surface area contributed by atoms with Gasteiger partial charge in [0.05, 0.1) is 25.0 Å². The van der Waals surface area contributed by atoms with E-state index >= 15 is 0 Å². The zero-order valence-corrected chi connectivity index (χ0v) is 18.2. The van der Waals surface area contributed by atoms with Crippen LogP contribution < -0.4 is 10.1 Å². The van der Waals surface area contributed by atoms with Gasteiger partial charge in [0.2, 0.25) is 0 Å². The van der Waals surface area contributed by atoms with Gasteiger partial charge in [-0.3, -0.25) is 9.78 Å². The van der Waals surface area contributed by atoms with E-state index in [0.29, 0.717) is 27.6 Å². The number of methoxy groups -OCH3 is 1. The number of allylic oxidation sites excluding steroid dienone is 1. The summed E-state index contributed by atoms with van der Waals surface area (Å²) in [6.07, 6.45) is 1.61. The van der Waals surface area contributed by atoms with E-state index < -0.39 is 5.67 Å². The molecular weight excluding hydrogens is 401 g/mol. The number of nitrogens with one attached hydrogen (secondary N) is 1. The largest absolute Gasteiger partial charge is 0.495 e. The molecule has 2 aromatic heterocycles. The molecule has 0 fully saturated rings. The van der Waals surface area contributed by atoms with Gasteiger partial charge in [-0.15, -0.1) is 11.3 Å². The first kappa shape index (κ1) is 21.6. The summed E-state index contributed by atoms with van der Waals surface area (Å²) in [5.74, 6) is 0.376. The SMILES string of the molecule is C=C(C)C(C)(F)c1ccc(-c2nc(C(=O)NC(C)c3ccc(OC)cn3)cs2)cc1. The normalized spacial score (nSPS) is 13.9. The Morgan fingerprint density at radius 2 is 1.97 bits per heavy atom. The number of nitrogens with zero attached hydrogens (tertiary/aromatic N) is 2. The summed E-state index contributed by atoms with van der Waals surface area (Å²) in [7, 11) is 1.58. The highest BCUT2D eigenvalue weighted by molar-refractivity contribution is 7.13. The van der Waals surface area contributed by atoms with E-state index in [0.717, 1.165) is 11.3 Å². The molecule has 0 radical (unpaired) electrons. The number of pyridine rings is 1. The molecule has 3 aromatic rings. The molecule has 0 spiro atoms. The van der Waals surface area contributed by atoms with E-state index in [-0.39, 0.29) is 11.9 Å². The lowest BCUT2D eigenvalue weighted by atomic mass is 9.91. The third-order valence-electron chi connectivity index (χ3n) is 5.00. The topological polar surface area (TPSA) is 64.1 Å². The Balaban J connectivity index is 1.70. The smallest absolute Gasteiger partial charge is 0.271 e. The summed E-state index contributed by atoms with van der Waals surface area (Å²) >= 11 is 1.36. The van der Waals surface area contributed by atoms with Gasteiger partial charge in [-0.1, -0.05) is 30.8 Å². The Morgan fingerprint density at radius 1 is 1.27 bits per heavy atom. The minimum Gasteiger partial charge on any atom is -0.495 e. The predicted molar refractivity (Wildman–Crippen MR) is 117 cm³/mol. The Kier molecular flexibility index (Phi) is 6.31. The van der Waals surface area contributed by atoms with Gasteiger partial charge in [-0.05, 0) is 44.0 Å². The first-order valence-electron chi connectivity index (χ1n) is 9.44. The van der Waals surface area contributed by atoms with Crippen LogP contribution in [-0.2, 0) is 5.67 Å². The van der Waals surface area contributed by atoms with Gasteiger partial charge in [0.15, 0.2) is 5.67 Å². The highest BCUT2D eigenvalue weighted by atomic mass is 32.1. The molecule has 0 bridgehead atoms. The van der Waals surface area contributed by atoms with Crippen molar-refractivity contribution in [1.82, 2.24) is 15.3 Å². The van der Waals surface area contributed by atoms with Crippen LogP contribution in [0.25, 0.3) is 10.6 Å². The molecule has 3 rings (SSSR count). The Bertz CT molecular complexity index is 1040. The lowest BCUT2D eigenvalue weighted by molar-refractivity contribution is 0.0935. The Labute approximate surface area is 179 Å². The summed E-state index contributed by atoms with van der Waals surface area (Å²) in [6, 6.07) is 10.4. The molecule has 1 aromatic carbocycles. The molecule has 0 aliphatic rings. The lowest BCUT2D eigenvalue weighted by Crippen LogP contribution is -2.27. The van der Waals surface area contributed by atoms with Crippen LogP contribution in [-0.4, -0.2) is 23.0 Å². The van der Waals surface area contributed by atoms with Crippen LogP contribution in [0.2, 0.25) is 0 Å². The van der Waals surface area contributed by atoms with Crippen molar-refractivity contribution in [3.8, 4) is 16.3 Å². The van der Waals surface area contributed by atoms with E-state index in [1.165, 1.54) is 18.3 Å². The third kappa shape index (κ3) is 4.57. The number of ether oxygens (including phenoxy) is 1. The number of aromatic nitrogens is 2. The lowest BCUT2D eigenvalue weighted by Gasteiger charge is -2.21. The van der Waals surface area contributed by atoms with E-state index in [1.54, 1.807) is 62.0 Å². The van der Waals surface area contributed by atoms with Gasteiger partial charge in [0, 0.05) is 10.9 Å². The quantitative estimate of drug-likeness (QED) is 0.510. The number of hydrogen-bond acceptors (Lipinski definition) is 5. The summed E-state index contributed by atoms with van der Waals surface area (Å²) in [5, 5.41) is 5.30. The maximum atomic E-state index is 14.7. The van der Waals surface area contributed by atoms with Crippen molar-refractivity contribution in [2.45, 2.75) is 32.5 Å². The minimum atomic E-state index is -1.59. The molecule has 1 amide bonds. The molecule has 2 atom stereocenters. The van der Waals surface area contributed by atoms with Crippen molar-refractivity contribution in [2.24, 2.45) is 0 Å². The van der Waals surface area contributed by atoms with E-state index in [4.69, 9.17) is 4.74 Å². The van der Waals surface area contributed by atoms with Crippen molar-refractivity contribution in [1.29, 1.82) is 0 Å². The molecule has 7 heteroatoms. The summed E-state index contributed by atoms with van der Waals surface area (Å²) < 4.78 is 19.8. The molecule has 5 nitrogen and oxygen atoms in total. The van der Waals surface area contributed by atoms with Gasteiger partial charge in [0.1, 0.15) is 16.5 Å². The standard InChI is InChI=1S/C23H24FN3O2S/c1-14(2)23(4,24)17-8-6-16(7-9-17)22-27-20(13-30-22)21(28)26-15(3)19-11-10-18(29-5)12-25-19/h6-13,15H,1H2,2-5H3,(H,26,28). The summed E-state index contributed by atoms with van der Waals surface area (Å²) in [5.41, 5.74) is 1.28. The predicted octanol–water partition coefficient (Wildman–Crippen LogP) is 5.47. The molecule has 0 aliphatic heterocycles. The fourth-order valence-electron chi connectivity index (χ4n) is 2.80. The molecular formula is C23H24FN3O2S. The van der Waals surface area contributed by atoms with Gasteiger partial charge in [-0.2, -0.15) is 0 Å². The Morgan fingerprint density at radius 3 is 2.53 bits per heavy atom. The van der Waals surface area contributed by atoms with Crippen LogP contribution >= 0.6 is 11.3 Å². The van der Waals surface area contributed by atoms with Gasteiger partial charge < -0.3 is 10.1 Å². The van der Waals surface area contributed by atoms with Crippen LogP contribution in [0.4, 0.5) is 4.39 Å². The molecule has 0 saturated carbocycles. The van der Waals surface area contributed by atoms with Crippen LogP contribution in [0.5, 0.6) is 5.75 Å². The monoisotopic (exact) mass is 425 g/mol. The molecule has 0 saturated heterocycles. The number of carbonyl (C=O) groups is 1. The zero-order valence-electron chi connectivity index (χ0n) is 17.4. The molecule has 2 heterocycles. The van der Waals surface area contributed by atoms with Crippen molar-refractivity contribution < 1.29 is 13.9 Å². The Hall–Kier alpha value is -3.06. The third-order valence-corrected chi connectivity index (χ3v) is 5.89. The second-order valence-corrected chi connectivity index (χ2v) is 8.07. The average molecular weight is 426 g/mol. The number of alkyl halides is 1. The molecule has 0 aliphatic carbocycles. The van der Waals surface area contributed by atoms with Crippen LogP contribution in [0.15, 0.2) is 60.1 Å². The number of thiazole rings is 1. The van der Waals surface area contributed by atoms with Gasteiger partial charge in [0.25, 0.3) is 5.91 Å². The fourth-order valence-corrected chi connectivity index (χ4v) is 3.60. The second kappa shape index (κ2) is 8.75. The van der Waals surface area contributed by atoms with Crippen LogP contribution in [0, 0.1) is 0 Å². The van der Waals surface area contributed by atoms with Crippen LogP contribution in [0.1, 0.15) is 48.6 Å². The first-order chi connectivity index (χ1) is 14.2. The average Bonchev–Trinajstić information content (AvgIpc) is 3.24. The molecule has 2 unspecified atom stereocenters. The van der Waals surface area contributed by atoms with E-state index in [9.17, 15) is 9.18 Å². The maximum Gasteiger partial charge on any atom is 0.271 e. The maximum absolute atomic E-state index is 14.7. The van der Waals surface area contributed by atoms with E-state index in [2.05, 4.69) is 21.9 Å². The number of hydrogen-bond donors (Lipinski definition) is 1. The molecule has 1 N–H and O–H groups in total. The number of benzene rings is 1. The van der Waals surface area contributed by atoms with E-state index in [1.807, 2.05) is 6.92 Å². The van der Waals surface area contributed by atoms with Crippen molar-refractivity contribution in [3.63, 3.8) is 0 Å². The van der Waals surface area contributed by atoms with Crippen molar-refractivity contribution in [3.05, 3.63) is 77.1 Å². The van der Waals surface area contributed by atoms with Gasteiger partial charge >= 0.3 is 0 Å². The fraction of sp³-hybridized carbons (Fsp3) is 0.261. The number of halogens is 1. The minimum absolute atomic E-state index is 0.280. The van der Waals surface area contributed by atoms with Crippen molar-refractivity contribution in [2.75, 3.05) is 7.11 Å². The van der Waals surface area contributed by atoms with Crippen molar-refractivity contribution >= 4 is 17.2 Å². The molecule has 156 valence electrons.